The lowest BCUT2D eigenvalue weighted by Crippen LogP contribution is -2.25. The topological polar surface area (TPSA) is 49.3 Å². The van der Waals surface area contributed by atoms with Crippen LogP contribution >= 0.6 is 0 Å². The Bertz CT molecular complexity index is 746. The van der Waals surface area contributed by atoms with Crippen LogP contribution in [0.5, 0.6) is 0 Å². The predicted molar refractivity (Wildman–Crippen MR) is 82.3 cm³/mol. The number of hydrogen-bond donors (Lipinski definition) is 2. The van der Waals surface area contributed by atoms with Crippen molar-refractivity contribution in [2.75, 3.05) is 0 Å². The number of benzene rings is 2. The van der Waals surface area contributed by atoms with Gasteiger partial charge in [0.05, 0.1) is 5.56 Å². The van der Waals surface area contributed by atoms with Crippen molar-refractivity contribution in [3.63, 3.8) is 0 Å². The molecule has 0 saturated carbocycles. The molecule has 3 rings (SSSR count). The summed E-state index contributed by atoms with van der Waals surface area (Å²) in [4.78, 5) is 11.0. The van der Waals surface area contributed by atoms with Gasteiger partial charge in [0.1, 0.15) is 11.6 Å². The van der Waals surface area contributed by atoms with Gasteiger partial charge in [-0.2, -0.15) is 0 Å². The second-order valence-corrected chi connectivity index (χ2v) is 5.79. The smallest absolute Gasteiger partial charge is 0.335 e. The second kappa shape index (κ2) is 6.46. The van der Waals surface area contributed by atoms with Crippen LogP contribution in [0, 0.1) is 11.6 Å². The van der Waals surface area contributed by atoms with Crippen LogP contribution in [0.25, 0.3) is 0 Å². The van der Waals surface area contributed by atoms with Crippen molar-refractivity contribution in [3.05, 3.63) is 70.3 Å². The van der Waals surface area contributed by atoms with E-state index in [1.807, 2.05) is 6.07 Å². The maximum absolute atomic E-state index is 13.9. The summed E-state index contributed by atoms with van der Waals surface area (Å²) in [5, 5.41) is 12.3. The Kier molecular flexibility index (Phi) is 4.39. The molecule has 2 aromatic carbocycles. The Balaban J connectivity index is 1.78. The van der Waals surface area contributed by atoms with Gasteiger partial charge < -0.3 is 10.4 Å². The Hall–Kier alpha value is -2.27. The highest BCUT2D eigenvalue weighted by Crippen LogP contribution is 2.32. The van der Waals surface area contributed by atoms with E-state index >= 15 is 0 Å². The highest BCUT2D eigenvalue weighted by molar-refractivity contribution is 5.87. The molecular weight excluding hydrogens is 300 g/mol. The van der Waals surface area contributed by atoms with Gasteiger partial charge in [0, 0.05) is 18.7 Å². The predicted octanol–water partition coefficient (Wildman–Crippen LogP) is 3.83. The van der Waals surface area contributed by atoms with E-state index in [0.717, 1.165) is 24.5 Å². The van der Waals surface area contributed by atoms with Gasteiger partial charge in [-0.25, -0.2) is 13.6 Å². The molecule has 3 nitrogen and oxygen atoms in total. The van der Waals surface area contributed by atoms with E-state index in [2.05, 4.69) is 5.32 Å². The van der Waals surface area contributed by atoms with E-state index in [9.17, 15) is 13.6 Å². The summed E-state index contributed by atoms with van der Waals surface area (Å²) in [7, 11) is 0. The minimum absolute atomic E-state index is 0.127. The summed E-state index contributed by atoms with van der Waals surface area (Å²) < 4.78 is 27.4. The van der Waals surface area contributed by atoms with Crippen molar-refractivity contribution >= 4 is 5.97 Å². The molecule has 2 aromatic rings. The third-order valence-corrected chi connectivity index (χ3v) is 4.22. The summed E-state index contributed by atoms with van der Waals surface area (Å²) >= 11 is 0. The van der Waals surface area contributed by atoms with Gasteiger partial charge in [-0.3, -0.25) is 0 Å². The van der Waals surface area contributed by atoms with E-state index in [0.29, 0.717) is 24.1 Å². The van der Waals surface area contributed by atoms with Crippen LogP contribution < -0.4 is 5.32 Å². The summed E-state index contributed by atoms with van der Waals surface area (Å²) in [6.07, 6.45) is 2.25. The third-order valence-electron chi connectivity index (χ3n) is 4.22. The Morgan fingerprint density at radius 2 is 2.09 bits per heavy atom. The molecule has 1 aliphatic rings. The van der Waals surface area contributed by atoms with E-state index in [4.69, 9.17) is 5.11 Å². The van der Waals surface area contributed by atoms with Crippen molar-refractivity contribution in [2.45, 2.75) is 31.8 Å². The van der Waals surface area contributed by atoms with Crippen LogP contribution in [0.15, 0.2) is 36.4 Å². The summed E-state index contributed by atoms with van der Waals surface area (Å²) in [5.74, 6) is -2.03. The lowest BCUT2D eigenvalue weighted by Gasteiger charge is -2.27. The van der Waals surface area contributed by atoms with Crippen molar-refractivity contribution < 1.29 is 18.7 Å². The van der Waals surface area contributed by atoms with Crippen molar-refractivity contribution in [3.8, 4) is 0 Å². The van der Waals surface area contributed by atoms with Gasteiger partial charge in [0.15, 0.2) is 0 Å². The van der Waals surface area contributed by atoms with Gasteiger partial charge in [-0.05, 0) is 54.2 Å². The monoisotopic (exact) mass is 317 g/mol. The molecule has 0 fully saturated rings. The highest BCUT2D eigenvalue weighted by Gasteiger charge is 2.23. The van der Waals surface area contributed by atoms with Gasteiger partial charge in [-0.15, -0.1) is 0 Å². The van der Waals surface area contributed by atoms with E-state index in [-0.39, 0.29) is 11.6 Å². The third kappa shape index (κ3) is 3.40. The molecular formula is C18H17F2NO2. The van der Waals surface area contributed by atoms with E-state index in [1.54, 1.807) is 12.1 Å². The van der Waals surface area contributed by atoms with Crippen LogP contribution in [-0.4, -0.2) is 11.1 Å². The van der Waals surface area contributed by atoms with Gasteiger partial charge >= 0.3 is 5.97 Å². The van der Waals surface area contributed by atoms with Crippen molar-refractivity contribution in [1.82, 2.24) is 5.32 Å². The normalized spacial score (nSPS) is 16.9. The van der Waals surface area contributed by atoms with Gasteiger partial charge in [0.2, 0.25) is 0 Å². The first kappa shape index (κ1) is 15.6. The lowest BCUT2D eigenvalue weighted by atomic mass is 9.87. The van der Waals surface area contributed by atoms with Crippen LogP contribution in [0.3, 0.4) is 0 Å². The molecule has 0 saturated heterocycles. The first-order valence-electron chi connectivity index (χ1n) is 7.58. The molecule has 0 bridgehead atoms. The largest absolute Gasteiger partial charge is 0.478 e. The summed E-state index contributed by atoms with van der Waals surface area (Å²) in [6.45, 7) is 0.448. The minimum atomic E-state index is -0.973. The molecule has 0 aliphatic heterocycles. The van der Waals surface area contributed by atoms with Crippen LogP contribution in [0.2, 0.25) is 0 Å². The Labute approximate surface area is 133 Å². The molecule has 23 heavy (non-hydrogen) atoms. The number of nitrogens with one attached hydrogen (secondary N) is 1. The maximum Gasteiger partial charge on any atom is 0.335 e. The van der Waals surface area contributed by atoms with E-state index < -0.39 is 17.6 Å². The number of rotatable bonds is 4. The standard InChI is InChI=1S/C18H17F2NO2/c19-13-8-15-14(16(20)9-13)5-2-6-17(15)21-10-11-3-1-4-12(7-11)18(22)23/h1,3-4,7-9,17,21H,2,5-6,10H2,(H,22,23)/t17-/m0/s1. The summed E-state index contributed by atoms with van der Waals surface area (Å²) in [5.41, 5.74) is 2.30. The zero-order chi connectivity index (χ0) is 16.4. The molecule has 0 heterocycles. The molecule has 1 atom stereocenters. The average molecular weight is 317 g/mol. The SMILES string of the molecule is O=C(O)c1cccc(CN[C@H]2CCCc3c(F)cc(F)cc32)c1. The number of fused-ring (bicyclic) bond motifs is 1. The van der Waals surface area contributed by atoms with Gasteiger partial charge in [0.25, 0.3) is 0 Å². The maximum atomic E-state index is 13.9. The molecule has 0 radical (unpaired) electrons. The van der Waals surface area contributed by atoms with Gasteiger partial charge in [-0.1, -0.05) is 12.1 Å². The average Bonchev–Trinajstić information content (AvgIpc) is 2.53. The molecule has 0 aromatic heterocycles. The fraction of sp³-hybridized carbons (Fsp3) is 0.278. The van der Waals surface area contributed by atoms with E-state index in [1.165, 1.54) is 12.1 Å². The zero-order valence-corrected chi connectivity index (χ0v) is 12.5. The quantitative estimate of drug-likeness (QED) is 0.901. The van der Waals surface area contributed by atoms with Crippen LogP contribution in [0.4, 0.5) is 8.78 Å². The zero-order valence-electron chi connectivity index (χ0n) is 12.5. The fourth-order valence-corrected chi connectivity index (χ4v) is 3.10. The second-order valence-electron chi connectivity index (χ2n) is 5.79. The number of carbonyl (C=O) groups is 1. The molecule has 5 heteroatoms. The molecule has 0 spiro atoms. The first-order valence-corrected chi connectivity index (χ1v) is 7.58. The minimum Gasteiger partial charge on any atom is -0.478 e. The molecule has 1 aliphatic carbocycles. The number of aromatic carboxylic acids is 1. The number of carboxylic acid groups (broad SMARTS) is 1. The van der Waals surface area contributed by atoms with Crippen molar-refractivity contribution in [1.29, 1.82) is 0 Å². The molecule has 0 amide bonds. The fourth-order valence-electron chi connectivity index (χ4n) is 3.10. The molecule has 2 N–H and O–H groups in total. The number of carboxylic acids is 1. The highest BCUT2D eigenvalue weighted by atomic mass is 19.1. The Morgan fingerprint density at radius 3 is 2.87 bits per heavy atom. The number of halogens is 2. The van der Waals surface area contributed by atoms with Crippen molar-refractivity contribution in [2.24, 2.45) is 0 Å². The summed E-state index contributed by atoms with van der Waals surface area (Å²) in [6, 6.07) is 8.85. The molecule has 120 valence electrons. The van der Waals surface area contributed by atoms with Crippen LogP contribution in [-0.2, 0) is 13.0 Å². The lowest BCUT2D eigenvalue weighted by molar-refractivity contribution is 0.0696. The molecule has 0 unspecified atom stereocenters. The van der Waals surface area contributed by atoms with Crippen LogP contribution in [0.1, 0.15) is 45.9 Å². The number of hydrogen-bond acceptors (Lipinski definition) is 2. The first-order chi connectivity index (χ1) is 11.0. The Morgan fingerprint density at radius 1 is 1.26 bits per heavy atom.